The van der Waals surface area contributed by atoms with Gasteiger partial charge in [0.05, 0.1) is 5.52 Å². The molecule has 2 aromatic rings. The second kappa shape index (κ2) is 6.05. The van der Waals surface area contributed by atoms with Crippen LogP contribution in [0, 0.1) is 0 Å². The van der Waals surface area contributed by atoms with Crippen LogP contribution in [-0.2, 0) is 12.8 Å². The zero-order valence-corrected chi connectivity index (χ0v) is 13.5. The van der Waals surface area contributed by atoms with Crippen molar-refractivity contribution in [3.8, 4) is 0 Å². The second-order valence-electron chi connectivity index (χ2n) is 6.43. The highest BCUT2D eigenvalue weighted by Crippen LogP contribution is 2.34. The summed E-state index contributed by atoms with van der Waals surface area (Å²) >= 11 is 0. The van der Waals surface area contributed by atoms with Crippen LogP contribution in [0.4, 0.5) is 5.69 Å². The van der Waals surface area contributed by atoms with Gasteiger partial charge in [0, 0.05) is 23.3 Å². The van der Waals surface area contributed by atoms with E-state index >= 15 is 0 Å². The lowest BCUT2D eigenvalue weighted by molar-refractivity contribution is 0.709. The molecule has 3 rings (SSSR count). The molecular formula is C19H26N2. The third-order valence-electron chi connectivity index (χ3n) is 4.56. The molecule has 0 bridgehead atoms. The van der Waals surface area contributed by atoms with Crippen LogP contribution in [0.15, 0.2) is 18.2 Å². The van der Waals surface area contributed by atoms with E-state index in [-0.39, 0.29) is 0 Å². The molecule has 1 aromatic heterocycles. The Kier molecular flexibility index (Phi) is 4.14. The largest absolute Gasteiger partial charge is 0.384 e. The van der Waals surface area contributed by atoms with Crippen molar-refractivity contribution in [1.29, 1.82) is 0 Å². The SMILES string of the molecule is CCNc1c2c(nc3ccc(C(C)C)cc13)CCCCC2. The molecule has 2 nitrogen and oxygen atoms in total. The van der Waals surface area contributed by atoms with Crippen LogP contribution >= 0.6 is 0 Å². The van der Waals surface area contributed by atoms with Crippen molar-refractivity contribution in [3.05, 3.63) is 35.0 Å². The molecule has 0 atom stereocenters. The Labute approximate surface area is 128 Å². The van der Waals surface area contributed by atoms with Crippen LogP contribution in [0.5, 0.6) is 0 Å². The van der Waals surface area contributed by atoms with E-state index in [2.05, 4.69) is 44.3 Å². The Morgan fingerprint density at radius 3 is 2.71 bits per heavy atom. The number of anilines is 1. The standard InChI is InChI=1S/C19H26N2/c1-4-20-19-15-8-6-5-7-9-17(15)21-18-11-10-14(13(2)3)12-16(18)19/h10-13H,4-9H2,1-3H3,(H,20,21). The lowest BCUT2D eigenvalue weighted by atomic mass is 9.97. The first-order chi connectivity index (χ1) is 10.2. The molecule has 1 N–H and O–H groups in total. The van der Waals surface area contributed by atoms with Crippen molar-refractivity contribution in [2.24, 2.45) is 0 Å². The molecule has 0 spiro atoms. The number of hydrogen-bond donors (Lipinski definition) is 1. The van der Waals surface area contributed by atoms with Gasteiger partial charge in [-0.2, -0.15) is 0 Å². The Hall–Kier alpha value is -1.57. The van der Waals surface area contributed by atoms with Crippen LogP contribution in [-0.4, -0.2) is 11.5 Å². The molecule has 0 radical (unpaired) electrons. The van der Waals surface area contributed by atoms with Crippen LogP contribution in [0.1, 0.15) is 62.8 Å². The molecule has 1 aliphatic rings. The van der Waals surface area contributed by atoms with Crippen molar-refractivity contribution in [1.82, 2.24) is 4.98 Å². The number of fused-ring (bicyclic) bond motifs is 2. The first-order valence-corrected chi connectivity index (χ1v) is 8.40. The van der Waals surface area contributed by atoms with Gasteiger partial charge in [0.25, 0.3) is 0 Å². The Morgan fingerprint density at radius 2 is 1.95 bits per heavy atom. The van der Waals surface area contributed by atoms with Crippen LogP contribution < -0.4 is 5.32 Å². The molecule has 0 unspecified atom stereocenters. The Balaban J connectivity index is 2.24. The molecule has 0 saturated heterocycles. The zero-order chi connectivity index (χ0) is 14.8. The van der Waals surface area contributed by atoms with Gasteiger partial charge in [-0.25, -0.2) is 0 Å². The van der Waals surface area contributed by atoms with Crippen LogP contribution in [0.25, 0.3) is 10.9 Å². The Morgan fingerprint density at radius 1 is 1.14 bits per heavy atom. The van der Waals surface area contributed by atoms with Gasteiger partial charge < -0.3 is 5.32 Å². The predicted octanol–water partition coefficient (Wildman–Crippen LogP) is 5.06. The molecule has 1 aromatic carbocycles. The van der Waals surface area contributed by atoms with Gasteiger partial charge in [-0.3, -0.25) is 4.98 Å². The minimum absolute atomic E-state index is 0.558. The van der Waals surface area contributed by atoms with Crippen molar-refractivity contribution in [3.63, 3.8) is 0 Å². The minimum atomic E-state index is 0.558. The quantitative estimate of drug-likeness (QED) is 0.796. The number of benzene rings is 1. The molecular weight excluding hydrogens is 256 g/mol. The minimum Gasteiger partial charge on any atom is -0.384 e. The van der Waals surface area contributed by atoms with Crippen molar-refractivity contribution in [2.45, 2.75) is 58.8 Å². The molecule has 112 valence electrons. The maximum absolute atomic E-state index is 4.98. The smallest absolute Gasteiger partial charge is 0.0726 e. The van der Waals surface area contributed by atoms with Gasteiger partial charge in [-0.1, -0.05) is 26.3 Å². The summed E-state index contributed by atoms with van der Waals surface area (Å²) in [5, 5.41) is 4.94. The van der Waals surface area contributed by atoms with E-state index in [1.54, 1.807) is 0 Å². The monoisotopic (exact) mass is 282 g/mol. The van der Waals surface area contributed by atoms with Gasteiger partial charge in [0.15, 0.2) is 0 Å². The van der Waals surface area contributed by atoms with E-state index in [9.17, 15) is 0 Å². The van der Waals surface area contributed by atoms with Gasteiger partial charge >= 0.3 is 0 Å². The summed E-state index contributed by atoms with van der Waals surface area (Å²) in [6.07, 6.45) is 6.21. The highest BCUT2D eigenvalue weighted by molar-refractivity contribution is 5.94. The molecule has 1 aliphatic carbocycles. The first kappa shape index (κ1) is 14.4. The summed E-state index contributed by atoms with van der Waals surface area (Å²) < 4.78 is 0. The third kappa shape index (κ3) is 2.76. The summed E-state index contributed by atoms with van der Waals surface area (Å²) in [5.74, 6) is 0.558. The topological polar surface area (TPSA) is 24.9 Å². The van der Waals surface area contributed by atoms with Crippen molar-refractivity contribution in [2.75, 3.05) is 11.9 Å². The predicted molar refractivity (Wildman–Crippen MR) is 91.3 cm³/mol. The normalized spacial score (nSPS) is 15.0. The number of aromatic nitrogens is 1. The molecule has 0 fully saturated rings. The highest BCUT2D eigenvalue weighted by Gasteiger charge is 2.17. The van der Waals surface area contributed by atoms with Gasteiger partial charge in [-0.15, -0.1) is 0 Å². The molecule has 0 aliphatic heterocycles. The molecule has 0 amide bonds. The zero-order valence-electron chi connectivity index (χ0n) is 13.5. The van der Waals surface area contributed by atoms with E-state index in [1.165, 1.54) is 53.6 Å². The fourth-order valence-corrected chi connectivity index (χ4v) is 3.36. The maximum Gasteiger partial charge on any atom is 0.0726 e. The first-order valence-electron chi connectivity index (χ1n) is 8.40. The van der Waals surface area contributed by atoms with Gasteiger partial charge in [0.1, 0.15) is 0 Å². The number of aryl methyl sites for hydroxylation is 1. The van der Waals surface area contributed by atoms with E-state index in [0.29, 0.717) is 5.92 Å². The Bertz CT molecular complexity index is 644. The lowest BCUT2D eigenvalue weighted by Crippen LogP contribution is -2.07. The molecule has 2 heteroatoms. The second-order valence-corrected chi connectivity index (χ2v) is 6.43. The fourth-order valence-electron chi connectivity index (χ4n) is 3.36. The number of nitrogens with one attached hydrogen (secondary N) is 1. The molecule has 0 saturated carbocycles. The number of rotatable bonds is 3. The van der Waals surface area contributed by atoms with Crippen molar-refractivity contribution < 1.29 is 0 Å². The maximum atomic E-state index is 4.98. The lowest BCUT2D eigenvalue weighted by Gasteiger charge is -2.17. The van der Waals surface area contributed by atoms with Crippen LogP contribution in [0.2, 0.25) is 0 Å². The fraction of sp³-hybridized carbons (Fsp3) is 0.526. The van der Waals surface area contributed by atoms with Gasteiger partial charge in [0.2, 0.25) is 0 Å². The van der Waals surface area contributed by atoms with E-state index in [0.717, 1.165) is 18.5 Å². The number of hydrogen-bond acceptors (Lipinski definition) is 2. The average molecular weight is 282 g/mol. The van der Waals surface area contributed by atoms with Crippen LogP contribution in [0.3, 0.4) is 0 Å². The van der Waals surface area contributed by atoms with Crippen molar-refractivity contribution >= 4 is 16.6 Å². The summed E-state index contributed by atoms with van der Waals surface area (Å²) in [6.45, 7) is 7.66. The number of nitrogens with zero attached hydrogens (tertiary/aromatic N) is 1. The molecule has 1 heterocycles. The molecule has 21 heavy (non-hydrogen) atoms. The summed E-state index contributed by atoms with van der Waals surface area (Å²) in [7, 11) is 0. The average Bonchev–Trinajstić information content (AvgIpc) is 2.72. The summed E-state index contributed by atoms with van der Waals surface area (Å²) in [5.41, 5.74) is 6.70. The van der Waals surface area contributed by atoms with E-state index < -0.39 is 0 Å². The third-order valence-corrected chi connectivity index (χ3v) is 4.56. The number of pyridine rings is 1. The van der Waals surface area contributed by atoms with E-state index in [1.807, 2.05) is 0 Å². The summed E-state index contributed by atoms with van der Waals surface area (Å²) in [6, 6.07) is 6.78. The summed E-state index contributed by atoms with van der Waals surface area (Å²) in [4.78, 5) is 4.98. The highest BCUT2D eigenvalue weighted by atomic mass is 14.9. The van der Waals surface area contributed by atoms with E-state index in [4.69, 9.17) is 4.98 Å². The van der Waals surface area contributed by atoms with Gasteiger partial charge in [-0.05, 0) is 61.8 Å².